The second-order valence-electron chi connectivity index (χ2n) is 7.13. The molecule has 0 nitrogen and oxygen atoms in total. The van der Waals surface area contributed by atoms with E-state index in [4.69, 9.17) is 11.1 Å². The van der Waals surface area contributed by atoms with Crippen LogP contribution in [0.25, 0.3) is 0 Å². The van der Waals surface area contributed by atoms with Crippen LogP contribution < -0.4 is 5.19 Å². The van der Waals surface area contributed by atoms with Gasteiger partial charge in [0.1, 0.15) is 0 Å². The van der Waals surface area contributed by atoms with Crippen molar-refractivity contribution in [3.63, 3.8) is 0 Å². The average Bonchev–Trinajstić information content (AvgIpc) is 2.85. The van der Waals surface area contributed by atoms with Crippen LogP contribution in [0.5, 0.6) is 0 Å². The normalized spacial score (nSPS) is 22.0. The monoisotopic (exact) mass is 374 g/mol. The standard InChI is InChI=1S/C24H23ClSi/c1-16-15-22-20(18-9-4-3-5-10-18)11-6-7-12-21(22)24(16)19-13-8-14-23(26-25)17(19)2/h3-15,20,24H,26H2,1-2H3. The zero-order valence-electron chi connectivity index (χ0n) is 15.2. The Balaban J connectivity index is 1.85. The van der Waals surface area contributed by atoms with E-state index >= 15 is 0 Å². The van der Waals surface area contributed by atoms with Gasteiger partial charge in [-0.15, -0.1) is 0 Å². The highest BCUT2D eigenvalue weighted by molar-refractivity contribution is 7.01. The Bertz CT molecular complexity index is 947. The fraction of sp³-hybridized carbons (Fsp3) is 0.167. The van der Waals surface area contributed by atoms with E-state index in [-0.39, 0.29) is 0 Å². The number of allylic oxidation sites excluding steroid dienone is 8. The fourth-order valence-corrected chi connectivity index (χ4v) is 5.75. The van der Waals surface area contributed by atoms with Crippen molar-refractivity contribution in [1.29, 1.82) is 0 Å². The quantitative estimate of drug-likeness (QED) is 0.512. The lowest BCUT2D eigenvalue weighted by Gasteiger charge is -2.21. The maximum absolute atomic E-state index is 6.30. The van der Waals surface area contributed by atoms with Crippen LogP contribution in [-0.2, 0) is 0 Å². The van der Waals surface area contributed by atoms with Crippen molar-refractivity contribution in [3.05, 3.63) is 112 Å². The number of rotatable bonds is 3. The minimum Gasteiger partial charge on any atom is -0.170 e. The molecule has 130 valence electrons. The van der Waals surface area contributed by atoms with Crippen molar-refractivity contribution >= 4 is 25.1 Å². The predicted octanol–water partition coefficient (Wildman–Crippen LogP) is 5.19. The molecule has 2 atom stereocenters. The first-order valence-electron chi connectivity index (χ1n) is 9.17. The molecule has 0 radical (unpaired) electrons. The van der Waals surface area contributed by atoms with E-state index in [1.54, 1.807) is 0 Å². The van der Waals surface area contributed by atoms with Gasteiger partial charge < -0.3 is 0 Å². The molecule has 0 saturated heterocycles. The van der Waals surface area contributed by atoms with E-state index < -0.39 is 8.83 Å². The topological polar surface area (TPSA) is 0 Å². The van der Waals surface area contributed by atoms with Crippen LogP contribution in [0.15, 0.2) is 95.6 Å². The van der Waals surface area contributed by atoms with Crippen LogP contribution in [0.4, 0.5) is 0 Å². The molecule has 2 heteroatoms. The molecule has 2 aliphatic carbocycles. The molecule has 4 rings (SSSR count). The van der Waals surface area contributed by atoms with E-state index in [0.29, 0.717) is 11.8 Å². The third-order valence-corrected chi connectivity index (χ3v) is 7.53. The number of hydrogen-bond acceptors (Lipinski definition) is 0. The third-order valence-electron chi connectivity index (χ3n) is 5.61. The molecule has 2 aromatic carbocycles. The van der Waals surface area contributed by atoms with Gasteiger partial charge in [0, 0.05) is 11.8 Å². The van der Waals surface area contributed by atoms with Gasteiger partial charge in [0.05, 0.1) is 0 Å². The lowest BCUT2D eigenvalue weighted by atomic mass is 9.84. The molecule has 0 N–H and O–H groups in total. The Morgan fingerprint density at radius 1 is 0.885 bits per heavy atom. The molecule has 26 heavy (non-hydrogen) atoms. The summed E-state index contributed by atoms with van der Waals surface area (Å²) in [5.74, 6) is 0.650. The van der Waals surface area contributed by atoms with E-state index in [2.05, 4.69) is 92.8 Å². The van der Waals surface area contributed by atoms with E-state index in [0.717, 1.165) is 0 Å². The Labute approximate surface area is 163 Å². The van der Waals surface area contributed by atoms with Gasteiger partial charge >= 0.3 is 0 Å². The van der Waals surface area contributed by atoms with Crippen molar-refractivity contribution in [2.24, 2.45) is 0 Å². The number of halogens is 1. The summed E-state index contributed by atoms with van der Waals surface area (Å²) in [6.07, 6.45) is 11.4. The summed E-state index contributed by atoms with van der Waals surface area (Å²) < 4.78 is 0. The van der Waals surface area contributed by atoms with Crippen LogP contribution in [0.2, 0.25) is 0 Å². The van der Waals surface area contributed by atoms with Crippen LogP contribution in [0, 0.1) is 6.92 Å². The van der Waals surface area contributed by atoms with Crippen molar-refractivity contribution < 1.29 is 0 Å². The average molecular weight is 375 g/mol. The SMILES string of the molecule is CC1=CC2=C(C=CC=CC2c2ccccc2)C1c1cccc([SiH2]Cl)c1C. The van der Waals surface area contributed by atoms with Crippen LogP contribution in [-0.4, -0.2) is 8.83 Å². The first-order chi connectivity index (χ1) is 12.7. The first kappa shape index (κ1) is 17.3. The molecule has 0 amide bonds. The van der Waals surface area contributed by atoms with Gasteiger partial charge in [0.2, 0.25) is 0 Å². The minimum absolute atomic E-state index is 0.312. The molecule has 2 aliphatic rings. The predicted molar refractivity (Wildman–Crippen MR) is 116 cm³/mol. The fourth-order valence-electron chi connectivity index (χ4n) is 4.25. The molecule has 0 bridgehead atoms. The zero-order valence-corrected chi connectivity index (χ0v) is 17.4. The van der Waals surface area contributed by atoms with Crippen molar-refractivity contribution in [1.82, 2.24) is 0 Å². The van der Waals surface area contributed by atoms with Crippen LogP contribution in [0.3, 0.4) is 0 Å². The molecular formula is C24H23ClSi. The minimum atomic E-state index is -0.683. The molecule has 0 fully saturated rings. The van der Waals surface area contributed by atoms with Gasteiger partial charge in [-0.05, 0) is 46.9 Å². The maximum atomic E-state index is 6.30. The van der Waals surface area contributed by atoms with Gasteiger partial charge in [0.15, 0.2) is 8.83 Å². The Morgan fingerprint density at radius 2 is 1.69 bits per heavy atom. The van der Waals surface area contributed by atoms with Crippen molar-refractivity contribution in [2.75, 3.05) is 0 Å². The van der Waals surface area contributed by atoms with Crippen LogP contribution >= 0.6 is 11.1 Å². The molecule has 0 aromatic heterocycles. The summed E-state index contributed by atoms with van der Waals surface area (Å²) in [5.41, 5.74) is 8.42. The highest BCUT2D eigenvalue weighted by atomic mass is 35.6. The molecular weight excluding hydrogens is 352 g/mol. The van der Waals surface area contributed by atoms with Gasteiger partial charge in [-0.3, -0.25) is 0 Å². The number of benzene rings is 2. The van der Waals surface area contributed by atoms with Crippen molar-refractivity contribution in [2.45, 2.75) is 25.7 Å². The first-order valence-corrected chi connectivity index (χ1v) is 12.0. The largest absolute Gasteiger partial charge is 0.170 e. The van der Waals surface area contributed by atoms with Crippen LogP contribution in [0.1, 0.15) is 35.4 Å². The third kappa shape index (κ3) is 2.96. The van der Waals surface area contributed by atoms with Crippen molar-refractivity contribution in [3.8, 4) is 0 Å². The molecule has 0 spiro atoms. The summed E-state index contributed by atoms with van der Waals surface area (Å²) in [4.78, 5) is 0. The Hall–Kier alpha value is -2.09. The lowest BCUT2D eigenvalue weighted by Crippen LogP contribution is -2.17. The number of hydrogen-bond donors (Lipinski definition) is 0. The molecule has 2 unspecified atom stereocenters. The second-order valence-corrected chi connectivity index (χ2v) is 8.96. The lowest BCUT2D eigenvalue weighted by molar-refractivity contribution is 0.942. The summed E-state index contributed by atoms with van der Waals surface area (Å²) in [7, 11) is -0.683. The van der Waals surface area contributed by atoms with Gasteiger partial charge in [-0.1, -0.05) is 84.5 Å². The zero-order chi connectivity index (χ0) is 18.1. The summed E-state index contributed by atoms with van der Waals surface area (Å²) >= 11 is 6.30. The summed E-state index contributed by atoms with van der Waals surface area (Å²) in [5, 5.41) is 1.36. The van der Waals surface area contributed by atoms with E-state index in [1.807, 2.05) is 0 Å². The van der Waals surface area contributed by atoms with Gasteiger partial charge in [-0.25, -0.2) is 0 Å². The molecule has 0 heterocycles. The summed E-state index contributed by atoms with van der Waals surface area (Å²) in [6, 6.07) is 17.4. The molecule has 0 aliphatic heterocycles. The van der Waals surface area contributed by atoms with E-state index in [9.17, 15) is 0 Å². The highest BCUT2D eigenvalue weighted by Gasteiger charge is 2.30. The smallest absolute Gasteiger partial charge is 0.156 e. The Kier molecular flexibility index (Phi) is 4.84. The van der Waals surface area contributed by atoms with Gasteiger partial charge in [-0.2, -0.15) is 11.1 Å². The molecule has 0 saturated carbocycles. The highest BCUT2D eigenvalue weighted by Crippen LogP contribution is 2.46. The summed E-state index contributed by atoms with van der Waals surface area (Å²) in [6.45, 7) is 4.50. The maximum Gasteiger partial charge on any atom is 0.156 e. The second kappa shape index (κ2) is 7.26. The molecule has 2 aromatic rings. The van der Waals surface area contributed by atoms with E-state index in [1.165, 1.54) is 38.6 Å². The Morgan fingerprint density at radius 3 is 2.46 bits per heavy atom. The van der Waals surface area contributed by atoms with Gasteiger partial charge in [0.25, 0.3) is 0 Å².